The molecule has 1 N–H and O–H groups in total. The lowest BCUT2D eigenvalue weighted by atomic mass is 10.0. The van der Waals surface area contributed by atoms with Crippen LogP contribution in [0.4, 0.5) is 14.9 Å². The van der Waals surface area contributed by atoms with E-state index in [1.54, 1.807) is 23.1 Å². The number of anilines is 1. The molecule has 2 heterocycles. The number of nitrogens with one attached hydrogen (secondary N) is 1. The highest BCUT2D eigenvalue weighted by molar-refractivity contribution is 5.90. The molecule has 0 spiro atoms. The molecule has 2 fully saturated rings. The monoisotopic (exact) mass is 277 g/mol. The van der Waals surface area contributed by atoms with Crippen LogP contribution in [0.15, 0.2) is 24.3 Å². The first kappa shape index (κ1) is 13.4. The Morgan fingerprint density at radius 2 is 1.85 bits per heavy atom. The standard InChI is InChI=1S/C15H20FN3O/c16-13-6-2-3-7-14(13)17-15(20)19-10-12(11-19)18-8-4-1-5-9-18/h2-3,6-7,12H,1,4-5,8-11H2,(H,17,20). The first-order chi connectivity index (χ1) is 9.74. The van der Waals surface area contributed by atoms with Crippen LogP contribution < -0.4 is 5.32 Å². The molecule has 0 unspecified atom stereocenters. The highest BCUT2D eigenvalue weighted by Gasteiger charge is 2.35. The Morgan fingerprint density at radius 1 is 1.15 bits per heavy atom. The van der Waals surface area contributed by atoms with Gasteiger partial charge in [0.15, 0.2) is 0 Å². The molecule has 0 bridgehead atoms. The van der Waals surface area contributed by atoms with Crippen molar-refractivity contribution in [3.05, 3.63) is 30.1 Å². The zero-order valence-corrected chi connectivity index (χ0v) is 11.5. The summed E-state index contributed by atoms with van der Waals surface area (Å²) in [5.74, 6) is -0.394. The van der Waals surface area contributed by atoms with Crippen LogP contribution in [0.5, 0.6) is 0 Å². The van der Waals surface area contributed by atoms with Gasteiger partial charge in [-0.25, -0.2) is 9.18 Å². The number of halogens is 1. The number of hydrogen-bond donors (Lipinski definition) is 1. The zero-order chi connectivity index (χ0) is 13.9. The van der Waals surface area contributed by atoms with Crippen molar-refractivity contribution in [2.24, 2.45) is 0 Å². The van der Waals surface area contributed by atoms with Crippen LogP contribution in [0.1, 0.15) is 19.3 Å². The van der Waals surface area contributed by atoms with Crippen molar-refractivity contribution in [1.29, 1.82) is 0 Å². The second kappa shape index (κ2) is 5.79. The van der Waals surface area contributed by atoms with Crippen molar-refractivity contribution in [1.82, 2.24) is 9.80 Å². The van der Waals surface area contributed by atoms with Crippen LogP contribution in [0, 0.1) is 5.82 Å². The molecule has 1 aromatic rings. The number of para-hydroxylation sites is 1. The third kappa shape index (κ3) is 2.77. The molecule has 0 saturated carbocycles. The number of carbonyl (C=O) groups is 1. The second-order valence-electron chi connectivity index (χ2n) is 5.57. The van der Waals surface area contributed by atoms with E-state index in [0.717, 1.165) is 26.2 Å². The van der Waals surface area contributed by atoms with Gasteiger partial charge in [0.2, 0.25) is 0 Å². The van der Waals surface area contributed by atoms with Crippen molar-refractivity contribution in [2.45, 2.75) is 25.3 Å². The number of carbonyl (C=O) groups excluding carboxylic acids is 1. The Labute approximate surface area is 118 Å². The summed E-state index contributed by atoms with van der Waals surface area (Å²) in [4.78, 5) is 16.2. The number of nitrogens with zero attached hydrogens (tertiary/aromatic N) is 2. The molecule has 4 nitrogen and oxygen atoms in total. The molecule has 1 aromatic carbocycles. The Kier molecular flexibility index (Phi) is 3.87. The number of benzene rings is 1. The van der Waals surface area contributed by atoms with Crippen molar-refractivity contribution < 1.29 is 9.18 Å². The van der Waals surface area contributed by atoms with Crippen molar-refractivity contribution in [3.8, 4) is 0 Å². The Balaban J connectivity index is 1.49. The van der Waals surface area contributed by atoms with Gasteiger partial charge in [0.25, 0.3) is 0 Å². The van der Waals surface area contributed by atoms with Gasteiger partial charge in [-0.3, -0.25) is 4.90 Å². The molecule has 3 rings (SSSR count). The van der Waals surface area contributed by atoms with Gasteiger partial charge in [-0.05, 0) is 38.1 Å². The summed E-state index contributed by atoms with van der Waals surface area (Å²) in [6.07, 6.45) is 3.84. The minimum Gasteiger partial charge on any atom is -0.321 e. The second-order valence-corrected chi connectivity index (χ2v) is 5.57. The SMILES string of the molecule is O=C(Nc1ccccc1F)N1CC(N2CCCCC2)C1. The number of likely N-dealkylation sites (tertiary alicyclic amines) is 2. The molecule has 0 aliphatic carbocycles. The summed E-state index contributed by atoms with van der Waals surface area (Å²) < 4.78 is 13.5. The molecule has 2 aliphatic rings. The Hall–Kier alpha value is -1.62. The summed E-state index contributed by atoms with van der Waals surface area (Å²) in [5.41, 5.74) is 0.249. The van der Waals surface area contributed by atoms with E-state index in [0.29, 0.717) is 6.04 Å². The molecule has 2 amide bonds. The lowest BCUT2D eigenvalue weighted by molar-refractivity contribution is 0.0493. The van der Waals surface area contributed by atoms with E-state index in [-0.39, 0.29) is 11.7 Å². The van der Waals surface area contributed by atoms with Gasteiger partial charge in [-0.1, -0.05) is 18.6 Å². The topological polar surface area (TPSA) is 35.6 Å². The van der Waals surface area contributed by atoms with Crippen molar-refractivity contribution >= 4 is 11.7 Å². The first-order valence-electron chi connectivity index (χ1n) is 7.28. The molecule has 108 valence electrons. The van der Waals surface area contributed by atoms with Gasteiger partial charge >= 0.3 is 6.03 Å². The number of hydrogen-bond acceptors (Lipinski definition) is 2. The summed E-state index contributed by atoms with van der Waals surface area (Å²) in [5, 5.41) is 2.63. The van der Waals surface area contributed by atoms with E-state index in [1.807, 2.05) is 0 Å². The minimum atomic E-state index is -0.394. The molecule has 0 aromatic heterocycles. The summed E-state index contributed by atoms with van der Waals surface area (Å²) in [6.45, 7) is 3.79. The molecular formula is C15H20FN3O. The van der Waals surface area contributed by atoms with Crippen LogP contribution in [0.25, 0.3) is 0 Å². The van der Waals surface area contributed by atoms with Gasteiger partial charge < -0.3 is 10.2 Å². The van der Waals surface area contributed by atoms with E-state index < -0.39 is 5.82 Å². The van der Waals surface area contributed by atoms with Gasteiger partial charge in [0.05, 0.1) is 5.69 Å². The quantitative estimate of drug-likeness (QED) is 0.901. The highest BCUT2D eigenvalue weighted by atomic mass is 19.1. The molecule has 5 heteroatoms. The van der Waals surface area contributed by atoms with Crippen LogP contribution >= 0.6 is 0 Å². The van der Waals surface area contributed by atoms with Crippen LogP contribution in [-0.4, -0.2) is 48.1 Å². The van der Waals surface area contributed by atoms with Gasteiger partial charge in [0.1, 0.15) is 5.82 Å². The number of amides is 2. The van der Waals surface area contributed by atoms with Crippen LogP contribution in [0.2, 0.25) is 0 Å². The number of urea groups is 1. The van der Waals surface area contributed by atoms with E-state index in [9.17, 15) is 9.18 Å². The van der Waals surface area contributed by atoms with Crippen LogP contribution in [-0.2, 0) is 0 Å². The fourth-order valence-corrected chi connectivity index (χ4v) is 2.89. The summed E-state index contributed by atoms with van der Waals surface area (Å²) in [6, 6.07) is 6.54. The van der Waals surface area contributed by atoms with E-state index in [1.165, 1.54) is 25.3 Å². The molecule has 2 saturated heterocycles. The third-order valence-electron chi connectivity index (χ3n) is 4.17. The average Bonchev–Trinajstić information content (AvgIpc) is 2.41. The normalized spacial score (nSPS) is 20.6. The minimum absolute atomic E-state index is 0.205. The smallest absolute Gasteiger partial charge is 0.321 e. The number of piperidine rings is 1. The maximum Gasteiger partial charge on any atom is 0.322 e. The average molecular weight is 277 g/mol. The predicted molar refractivity (Wildman–Crippen MR) is 76.2 cm³/mol. The summed E-state index contributed by atoms with van der Waals surface area (Å²) >= 11 is 0. The molecule has 0 radical (unpaired) electrons. The number of rotatable bonds is 2. The lowest BCUT2D eigenvalue weighted by Gasteiger charge is -2.46. The predicted octanol–water partition coefficient (Wildman–Crippen LogP) is 2.53. The van der Waals surface area contributed by atoms with Gasteiger partial charge in [-0.15, -0.1) is 0 Å². The largest absolute Gasteiger partial charge is 0.322 e. The molecule has 2 aliphatic heterocycles. The highest BCUT2D eigenvalue weighted by Crippen LogP contribution is 2.21. The van der Waals surface area contributed by atoms with Gasteiger partial charge in [-0.2, -0.15) is 0 Å². The van der Waals surface area contributed by atoms with Gasteiger partial charge in [0, 0.05) is 19.1 Å². The third-order valence-corrected chi connectivity index (χ3v) is 4.17. The Morgan fingerprint density at radius 3 is 2.55 bits per heavy atom. The lowest BCUT2D eigenvalue weighted by Crippen LogP contribution is -2.62. The maximum absolute atomic E-state index is 13.5. The fourth-order valence-electron chi connectivity index (χ4n) is 2.89. The maximum atomic E-state index is 13.5. The summed E-state index contributed by atoms with van der Waals surface area (Å²) in [7, 11) is 0. The fraction of sp³-hybridized carbons (Fsp3) is 0.533. The molecular weight excluding hydrogens is 257 g/mol. The van der Waals surface area contributed by atoms with Crippen molar-refractivity contribution in [3.63, 3.8) is 0 Å². The van der Waals surface area contributed by atoms with E-state index in [2.05, 4.69) is 10.2 Å². The Bertz CT molecular complexity index is 482. The first-order valence-corrected chi connectivity index (χ1v) is 7.28. The molecule has 0 atom stereocenters. The molecule has 20 heavy (non-hydrogen) atoms. The van der Waals surface area contributed by atoms with Crippen LogP contribution in [0.3, 0.4) is 0 Å². The van der Waals surface area contributed by atoms with E-state index in [4.69, 9.17) is 0 Å². The van der Waals surface area contributed by atoms with Crippen molar-refractivity contribution in [2.75, 3.05) is 31.5 Å². The zero-order valence-electron chi connectivity index (χ0n) is 11.5. The van der Waals surface area contributed by atoms with E-state index >= 15 is 0 Å².